The normalized spacial score (nSPS) is 16.4. The number of piperidine rings is 1. The van der Waals surface area contributed by atoms with Crippen LogP contribution >= 0.6 is 11.8 Å². The topological polar surface area (TPSA) is 44.4 Å². The third-order valence-corrected chi connectivity index (χ3v) is 6.79. The lowest BCUT2D eigenvalue weighted by molar-refractivity contribution is 0.190. The molecule has 1 fully saturated rings. The molecule has 5 heteroatoms. The van der Waals surface area contributed by atoms with Crippen molar-refractivity contribution in [3.05, 3.63) is 59.7 Å². The Hall–Kier alpha value is -1.98. The molecule has 4 nitrogen and oxygen atoms in total. The van der Waals surface area contributed by atoms with Crippen LogP contribution in [-0.2, 0) is 6.54 Å². The van der Waals surface area contributed by atoms with E-state index in [-0.39, 0.29) is 12.1 Å². The summed E-state index contributed by atoms with van der Waals surface area (Å²) in [6.45, 7) is 9.51. The van der Waals surface area contributed by atoms with Crippen LogP contribution in [0.1, 0.15) is 44.2 Å². The lowest BCUT2D eigenvalue weighted by Crippen LogP contribution is -2.45. The summed E-state index contributed by atoms with van der Waals surface area (Å²) in [7, 11) is 0. The van der Waals surface area contributed by atoms with Crippen LogP contribution in [0.2, 0.25) is 0 Å². The van der Waals surface area contributed by atoms with E-state index in [0.717, 1.165) is 50.1 Å². The number of hydrogen-bond acceptors (Lipinski definition) is 3. The van der Waals surface area contributed by atoms with Crippen molar-refractivity contribution >= 4 is 23.5 Å². The molecule has 0 saturated carbocycles. The van der Waals surface area contributed by atoms with Crippen molar-refractivity contribution in [2.75, 3.05) is 18.4 Å². The van der Waals surface area contributed by atoms with Gasteiger partial charge in [0.15, 0.2) is 0 Å². The minimum atomic E-state index is -0.100. The van der Waals surface area contributed by atoms with Gasteiger partial charge in [-0.25, -0.2) is 4.79 Å². The summed E-state index contributed by atoms with van der Waals surface area (Å²) in [6, 6.07) is 17.0. The van der Waals surface area contributed by atoms with Crippen molar-refractivity contribution in [2.45, 2.75) is 62.8 Å². The largest absolute Gasteiger partial charge is 0.335 e. The predicted molar refractivity (Wildman–Crippen MR) is 124 cm³/mol. The maximum Gasteiger partial charge on any atom is 0.319 e. The number of amides is 2. The van der Waals surface area contributed by atoms with E-state index in [1.165, 1.54) is 10.5 Å². The molecule has 1 atom stereocenters. The van der Waals surface area contributed by atoms with Gasteiger partial charge in [0.05, 0.1) is 0 Å². The van der Waals surface area contributed by atoms with E-state index in [2.05, 4.69) is 78.8 Å². The number of likely N-dealkylation sites (tertiary alicyclic amines) is 1. The third-order valence-electron chi connectivity index (χ3n) is 5.53. The van der Waals surface area contributed by atoms with Gasteiger partial charge in [0.1, 0.15) is 0 Å². The van der Waals surface area contributed by atoms with E-state index in [0.29, 0.717) is 5.25 Å². The molecular weight excluding hydrogens is 378 g/mol. The summed E-state index contributed by atoms with van der Waals surface area (Å²) < 4.78 is 0. The fourth-order valence-corrected chi connectivity index (χ4v) is 4.61. The number of benzene rings is 2. The fraction of sp³-hybridized carbons (Fsp3) is 0.458. The maximum atomic E-state index is 12.5. The predicted octanol–water partition coefficient (Wildman–Crippen LogP) is 5.67. The molecule has 2 aromatic rings. The molecule has 0 aliphatic carbocycles. The van der Waals surface area contributed by atoms with Gasteiger partial charge in [0.25, 0.3) is 0 Å². The van der Waals surface area contributed by atoms with E-state index in [1.807, 2.05) is 17.8 Å². The SMILES string of the molecule is CCC(C)Sc1ccc(NC(=O)NC2CCN(Cc3ccccc3)CC2)c(C)c1. The number of hydrogen-bond donors (Lipinski definition) is 2. The van der Waals surface area contributed by atoms with E-state index < -0.39 is 0 Å². The highest BCUT2D eigenvalue weighted by Crippen LogP contribution is 2.28. The Morgan fingerprint density at radius 3 is 2.55 bits per heavy atom. The fourth-order valence-electron chi connectivity index (χ4n) is 3.59. The summed E-state index contributed by atoms with van der Waals surface area (Å²) in [5.74, 6) is 0. The zero-order chi connectivity index (χ0) is 20.6. The first kappa shape index (κ1) is 21.7. The molecule has 0 radical (unpaired) electrons. The molecule has 2 amide bonds. The van der Waals surface area contributed by atoms with Gasteiger partial charge in [-0.05, 0) is 55.5 Å². The highest BCUT2D eigenvalue weighted by Gasteiger charge is 2.21. The Labute approximate surface area is 179 Å². The van der Waals surface area contributed by atoms with Crippen LogP contribution in [0.5, 0.6) is 0 Å². The standard InChI is InChI=1S/C24H33N3OS/c1-4-19(3)29-22-10-11-23(18(2)16-22)26-24(28)25-21-12-14-27(15-13-21)17-20-8-6-5-7-9-20/h5-11,16,19,21H,4,12-15,17H2,1-3H3,(H2,25,26,28). The minimum Gasteiger partial charge on any atom is -0.335 e. The maximum absolute atomic E-state index is 12.5. The smallest absolute Gasteiger partial charge is 0.319 e. The van der Waals surface area contributed by atoms with Crippen molar-refractivity contribution < 1.29 is 4.79 Å². The number of rotatable bonds is 7. The molecule has 1 heterocycles. The van der Waals surface area contributed by atoms with Gasteiger partial charge >= 0.3 is 6.03 Å². The average molecular weight is 412 g/mol. The lowest BCUT2D eigenvalue weighted by atomic mass is 10.0. The third kappa shape index (κ3) is 6.79. The van der Waals surface area contributed by atoms with E-state index in [4.69, 9.17) is 0 Å². The Kier molecular flexibility index (Phi) is 8.01. The molecule has 3 rings (SSSR count). The van der Waals surface area contributed by atoms with Gasteiger partial charge in [-0.3, -0.25) is 4.90 Å². The lowest BCUT2D eigenvalue weighted by Gasteiger charge is -2.32. The highest BCUT2D eigenvalue weighted by molar-refractivity contribution is 7.99. The molecular formula is C24H33N3OS. The molecule has 156 valence electrons. The second-order valence-electron chi connectivity index (χ2n) is 7.95. The number of nitrogens with zero attached hydrogens (tertiary/aromatic N) is 1. The van der Waals surface area contributed by atoms with Gasteiger partial charge in [0, 0.05) is 41.5 Å². The molecule has 1 aliphatic rings. The quantitative estimate of drug-likeness (QED) is 0.577. The van der Waals surface area contributed by atoms with E-state index in [1.54, 1.807) is 0 Å². The number of carbonyl (C=O) groups is 1. The van der Waals surface area contributed by atoms with Crippen molar-refractivity contribution in [1.29, 1.82) is 0 Å². The number of aryl methyl sites for hydroxylation is 1. The monoisotopic (exact) mass is 411 g/mol. The van der Waals surface area contributed by atoms with E-state index >= 15 is 0 Å². The zero-order valence-electron chi connectivity index (χ0n) is 17.8. The van der Waals surface area contributed by atoms with Crippen LogP contribution in [0.15, 0.2) is 53.4 Å². The molecule has 2 aromatic carbocycles. The second-order valence-corrected chi connectivity index (χ2v) is 9.46. The molecule has 0 spiro atoms. The van der Waals surface area contributed by atoms with Gasteiger partial charge < -0.3 is 10.6 Å². The van der Waals surface area contributed by atoms with Gasteiger partial charge in [-0.1, -0.05) is 44.2 Å². The van der Waals surface area contributed by atoms with Gasteiger partial charge in [-0.2, -0.15) is 0 Å². The summed E-state index contributed by atoms with van der Waals surface area (Å²) in [6.07, 6.45) is 3.13. The first-order chi connectivity index (χ1) is 14.0. The number of thioether (sulfide) groups is 1. The summed E-state index contributed by atoms with van der Waals surface area (Å²) in [5.41, 5.74) is 3.34. The minimum absolute atomic E-state index is 0.100. The van der Waals surface area contributed by atoms with Gasteiger partial charge in [0.2, 0.25) is 0 Å². The van der Waals surface area contributed by atoms with Crippen molar-refractivity contribution in [3.8, 4) is 0 Å². The van der Waals surface area contributed by atoms with Crippen LogP contribution in [-0.4, -0.2) is 35.3 Å². The first-order valence-electron chi connectivity index (χ1n) is 10.6. The van der Waals surface area contributed by atoms with Gasteiger partial charge in [-0.15, -0.1) is 11.8 Å². The number of nitrogens with one attached hydrogen (secondary N) is 2. The Morgan fingerprint density at radius 2 is 1.90 bits per heavy atom. The molecule has 1 unspecified atom stereocenters. The van der Waals surface area contributed by atoms with Crippen LogP contribution in [0.25, 0.3) is 0 Å². The van der Waals surface area contributed by atoms with Crippen LogP contribution in [0.4, 0.5) is 10.5 Å². The Bertz CT molecular complexity index is 788. The molecule has 1 saturated heterocycles. The molecule has 1 aliphatic heterocycles. The number of anilines is 1. The summed E-state index contributed by atoms with van der Waals surface area (Å²) >= 11 is 1.88. The van der Waals surface area contributed by atoms with Crippen LogP contribution < -0.4 is 10.6 Å². The molecule has 0 aromatic heterocycles. The number of carbonyl (C=O) groups excluding carboxylic acids is 1. The summed E-state index contributed by atoms with van der Waals surface area (Å²) in [5, 5.41) is 6.78. The van der Waals surface area contributed by atoms with Crippen LogP contribution in [0, 0.1) is 6.92 Å². The Morgan fingerprint density at radius 1 is 1.17 bits per heavy atom. The average Bonchev–Trinajstić information content (AvgIpc) is 2.72. The molecule has 2 N–H and O–H groups in total. The van der Waals surface area contributed by atoms with Crippen molar-refractivity contribution in [1.82, 2.24) is 10.2 Å². The first-order valence-corrected chi connectivity index (χ1v) is 11.5. The Balaban J connectivity index is 1.44. The molecule has 29 heavy (non-hydrogen) atoms. The van der Waals surface area contributed by atoms with Crippen molar-refractivity contribution in [3.63, 3.8) is 0 Å². The van der Waals surface area contributed by atoms with Crippen LogP contribution in [0.3, 0.4) is 0 Å². The summed E-state index contributed by atoms with van der Waals surface area (Å²) in [4.78, 5) is 16.2. The molecule has 0 bridgehead atoms. The second kappa shape index (κ2) is 10.7. The number of urea groups is 1. The zero-order valence-corrected chi connectivity index (χ0v) is 18.6. The highest BCUT2D eigenvalue weighted by atomic mass is 32.2. The van der Waals surface area contributed by atoms with E-state index in [9.17, 15) is 4.79 Å². The van der Waals surface area contributed by atoms with Crippen molar-refractivity contribution in [2.24, 2.45) is 0 Å².